The van der Waals surface area contributed by atoms with Crippen molar-refractivity contribution >= 4 is 35.8 Å². The molecule has 3 aromatic rings. The van der Waals surface area contributed by atoms with E-state index in [2.05, 4.69) is 25.6 Å². The Balaban J connectivity index is 0.00000320. The number of carbonyl (C=O) groups excluding carboxylic acids is 1. The van der Waals surface area contributed by atoms with Gasteiger partial charge >= 0.3 is 0 Å². The second-order valence-electron chi connectivity index (χ2n) is 6.67. The van der Waals surface area contributed by atoms with Crippen LogP contribution in [0.4, 0.5) is 0 Å². The zero-order valence-corrected chi connectivity index (χ0v) is 19.6. The predicted molar refractivity (Wildman–Crippen MR) is 128 cm³/mol. The SMILES string of the molecule is CN=C(NCc1ccc(C(=O)N(C)C)cc1)NCc1ccc(-n2ccnc2)nc1.I. The molecule has 8 nitrogen and oxygen atoms in total. The minimum Gasteiger partial charge on any atom is -0.352 e. The first-order chi connectivity index (χ1) is 14.1. The van der Waals surface area contributed by atoms with Crippen LogP contribution in [0.5, 0.6) is 0 Å². The van der Waals surface area contributed by atoms with Gasteiger partial charge in [-0.3, -0.25) is 14.4 Å². The number of nitrogens with one attached hydrogen (secondary N) is 2. The molecular weight excluding hydrogens is 493 g/mol. The maximum Gasteiger partial charge on any atom is 0.253 e. The lowest BCUT2D eigenvalue weighted by atomic mass is 10.1. The van der Waals surface area contributed by atoms with E-state index >= 15 is 0 Å². The number of benzene rings is 1. The molecule has 0 aliphatic carbocycles. The van der Waals surface area contributed by atoms with Crippen LogP contribution in [0.1, 0.15) is 21.5 Å². The van der Waals surface area contributed by atoms with Crippen molar-refractivity contribution in [1.29, 1.82) is 0 Å². The molecule has 9 heteroatoms. The summed E-state index contributed by atoms with van der Waals surface area (Å²) in [5.41, 5.74) is 2.78. The zero-order chi connectivity index (χ0) is 20.6. The lowest BCUT2D eigenvalue weighted by Crippen LogP contribution is -2.36. The Labute approximate surface area is 193 Å². The van der Waals surface area contributed by atoms with E-state index in [4.69, 9.17) is 0 Å². The number of hydrogen-bond donors (Lipinski definition) is 2. The number of nitrogens with zero attached hydrogens (tertiary/aromatic N) is 5. The fraction of sp³-hybridized carbons (Fsp3) is 0.238. The molecule has 158 valence electrons. The third-order valence-corrected chi connectivity index (χ3v) is 4.33. The average molecular weight is 519 g/mol. The Morgan fingerprint density at radius 3 is 2.27 bits per heavy atom. The second-order valence-corrected chi connectivity index (χ2v) is 6.67. The Morgan fingerprint density at radius 1 is 1.07 bits per heavy atom. The maximum absolute atomic E-state index is 11.9. The number of pyridine rings is 1. The van der Waals surface area contributed by atoms with Crippen LogP contribution in [-0.2, 0) is 13.1 Å². The predicted octanol–water partition coefficient (Wildman–Crippen LogP) is 2.45. The van der Waals surface area contributed by atoms with Gasteiger partial charge in [0.05, 0.1) is 0 Å². The smallest absolute Gasteiger partial charge is 0.253 e. The maximum atomic E-state index is 11.9. The van der Waals surface area contributed by atoms with Crippen LogP contribution >= 0.6 is 24.0 Å². The van der Waals surface area contributed by atoms with Gasteiger partial charge < -0.3 is 15.5 Å². The van der Waals surface area contributed by atoms with Crippen molar-refractivity contribution in [1.82, 2.24) is 30.1 Å². The Kier molecular flexibility index (Phi) is 8.78. The highest BCUT2D eigenvalue weighted by Gasteiger charge is 2.07. The summed E-state index contributed by atoms with van der Waals surface area (Å²) >= 11 is 0. The first-order valence-corrected chi connectivity index (χ1v) is 9.25. The van der Waals surface area contributed by atoms with Crippen LogP contribution in [-0.4, -0.2) is 52.4 Å². The summed E-state index contributed by atoms with van der Waals surface area (Å²) in [5.74, 6) is 1.51. The summed E-state index contributed by atoms with van der Waals surface area (Å²) in [6.45, 7) is 1.21. The van der Waals surface area contributed by atoms with Gasteiger partial charge in [-0.15, -0.1) is 24.0 Å². The van der Waals surface area contributed by atoms with Gasteiger partial charge in [0.15, 0.2) is 5.96 Å². The van der Waals surface area contributed by atoms with Gasteiger partial charge in [0, 0.05) is 58.4 Å². The number of amides is 1. The third-order valence-electron chi connectivity index (χ3n) is 4.33. The van der Waals surface area contributed by atoms with E-state index in [9.17, 15) is 4.79 Å². The molecule has 0 unspecified atom stereocenters. The van der Waals surface area contributed by atoms with Crippen LogP contribution in [0, 0.1) is 0 Å². The third kappa shape index (κ3) is 6.28. The van der Waals surface area contributed by atoms with Gasteiger partial charge in [-0.2, -0.15) is 0 Å². The highest BCUT2D eigenvalue weighted by Crippen LogP contribution is 2.07. The molecule has 0 radical (unpaired) electrons. The average Bonchev–Trinajstić information content (AvgIpc) is 3.29. The molecule has 0 saturated heterocycles. The quantitative estimate of drug-likeness (QED) is 0.297. The lowest BCUT2D eigenvalue weighted by Gasteiger charge is -2.13. The summed E-state index contributed by atoms with van der Waals surface area (Å²) in [7, 11) is 5.22. The number of aliphatic imine (C=N–C) groups is 1. The molecule has 3 rings (SSSR count). The van der Waals surface area contributed by atoms with Crippen molar-refractivity contribution in [2.24, 2.45) is 4.99 Å². The van der Waals surface area contributed by atoms with E-state index < -0.39 is 0 Å². The number of carbonyl (C=O) groups is 1. The Hall–Kier alpha value is -2.95. The molecule has 0 atom stereocenters. The Bertz CT molecular complexity index is 952. The van der Waals surface area contributed by atoms with Crippen LogP contribution < -0.4 is 10.6 Å². The minimum absolute atomic E-state index is 0. The second kappa shape index (κ2) is 11.3. The van der Waals surface area contributed by atoms with E-state index in [1.807, 2.05) is 53.4 Å². The molecule has 0 aliphatic rings. The summed E-state index contributed by atoms with van der Waals surface area (Å²) in [6, 6.07) is 11.5. The van der Waals surface area contributed by atoms with E-state index in [-0.39, 0.29) is 29.9 Å². The number of rotatable bonds is 6. The van der Waals surface area contributed by atoms with Crippen molar-refractivity contribution in [3.05, 3.63) is 78.0 Å². The van der Waals surface area contributed by atoms with Crippen molar-refractivity contribution in [3.63, 3.8) is 0 Å². The van der Waals surface area contributed by atoms with Gasteiger partial charge in [0.1, 0.15) is 12.1 Å². The zero-order valence-electron chi connectivity index (χ0n) is 17.2. The number of imidazole rings is 1. The van der Waals surface area contributed by atoms with Crippen LogP contribution in [0.15, 0.2) is 66.3 Å². The minimum atomic E-state index is -0.00495. The van der Waals surface area contributed by atoms with Crippen LogP contribution in [0.25, 0.3) is 5.82 Å². The topological polar surface area (TPSA) is 87.4 Å². The highest BCUT2D eigenvalue weighted by atomic mass is 127. The molecule has 0 spiro atoms. The van der Waals surface area contributed by atoms with Gasteiger partial charge in [-0.1, -0.05) is 18.2 Å². The molecule has 1 amide bonds. The molecule has 2 aromatic heterocycles. The monoisotopic (exact) mass is 519 g/mol. The van der Waals surface area contributed by atoms with Gasteiger partial charge in [-0.05, 0) is 29.3 Å². The molecular formula is C21H26IN7O. The van der Waals surface area contributed by atoms with Gasteiger partial charge in [0.2, 0.25) is 0 Å². The number of hydrogen-bond acceptors (Lipinski definition) is 4. The molecule has 0 bridgehead atoms. The largest absolute Gasteiger partial charge is 0.352 e. The summed E-state index contributed by atoms with van der Waals surface area (Å²) in [5, 5.41) is 6.55. The Morgan fingerprint density at radius 2 is 1.73 bits per heavy atom. The van der Waals surface area contributed by atoms with Crippen LogP contribution in [0.3, 0.4) is 0 Å². The van der Waals surface area contributed by atoms with Crippen molar-refractivity contribution < 1.29 is 4.79 Å². The lowest BCUT2D eigenvalue weighted by molar-refractivity contribution is 0.0827. The summed E-state index contributed by atoms with van der Waals surface area (Å²) in [4.78, 5) is 26.2. The first kappa shape index (κ1) is 23.3. The molecule has 2 N–H and O–H groups in total. The summed E-state index contributed by atoms with van der Waals surface area (Å²) in [6.07, 6.45) is 7.13. The van der Waals surface area contributed by atoms with Gasteiger partial charge in [-0.25, -0.2) is 9.97 Å². The van der Waals surface area contributed by atoms with Crippen LogP contribution in [0.2, 0.25) is 0 Å². The molecule has 0 saturated carbocycles. The molecule has 0 fully saturated rings. The van der Waals surface area contributed by atoms with Crippen molar-refractivity contribution in [2.45, 2.75) is 13.1 Å². The van der Waals surface area contributed by atoms with E-state index in [0.717, 1.165) is 16.9 Å². The number of aromatic nitrogens is 3. The van der Waals surface area contributed by atoms with Gasteiger partial charge in [0.25, 0.3) is 5.91 Å². The number of halogens is 1. The molecule has 2 heterocycles. The van der Waals surface area contributed by atoms with E-state index in [0.29, 0.717) is 24.6 Å². The standard InChI is InChI=1S/C21H25N7O.HI/c1-22-21(25-12-16-4-7-18(8-5-16)20(29)27(2)3)26-14-17-6-9-19(24-13-17)28-11-10-23-15-28;/h4-11,13,15H,12,14H2,1-3H3,(H2,22,25,26);1H. The van der Waals surface area contributed by atoms with E-state index in [1.54, 1.807) is 38.6 Å². The first-order valence-electron chi connectivity index (χ1n) is 9.25. The normalized spacial score (nSPS) is 10.8. The van der Waals surface area contributed by atoms with Crippen molar-refractivity contribution in [2.75, 3.05) is 21.1 Å². The fourth-order valence-corrected chi connectivity index (χ4v) is 2.68. The molecule has 1 aromatic carbocycles. The van der Waals surface area contributed by atoms with E-state index in [1.165, 1.54) is 0 Å². The fourth-order valence-electron chi connectivity index (χ4n) is 2.68. The summed E-state index contributed by atoms with van der Waals surface area (Å²) < 4.78 is 1.86. The molecule has 0 aliphatic heterocycles. The molecule has 30 heavy (non-hydrogen) atoms. The highest BCUT2D eigenvalue weighted by molar-refractivity contribution is 14.0. The number of guanidine groups is 1. The van der Waals surface area contributed by atoms with Crippen molar-refractivity contribution in [3.8, 4) is 5.82 Å².